The van der Waals surface area contributed by atoms with Crippen molar-refractivity contribution < 1.29 is 27.8 Å². The molecule has 2 aliphatic rings. The smallest absolute Gasteiger partial charge is 0.262 e. The number of carbonyl (C=O) groups excluding carboxylic acids is 1. The van der Waals surface area contributed by atoms with Crippen molar-refractivity contribution in [2.45, 2.75) is 36.6 Å². The first-order valence-electron chi connectivity index (χ1n) is 8.22. The zero-order valence-electron chi connectivity index (χ0n) is 13.9. The Morgan fingerprint density at radius 2 is 2.12 bits per heavy atom. The number of hydrogen-bond acceptors (Lipinski definition) is 6. The molecule has 8 nitrogen and oxygen atoms in total. The molecular formula is C16H22N2O6S. The predicted molar refractivity (Wildman–Crippen MR) is 90.3 cm³/mol. The van der Waals surface area contributed by atoms with Crippen LogP contribution in [0, 0.1) is 5.92 Å². The van der Waals surface area contributed by atoms with E-state index < -0.39 is 10.0 Å². The number of sulfonamides is 1. The third kappa shape index (κ3) is 3.73. The van der Waals surface area contributed by atoms with Gasteiger partial charge in [-0.05, 0) is 18.8 Å². The van der Waals surface area contributed by atoms with Crippen molar-refractivity contribution >= 4 is 21.6 Å². The van der Waals surface area contributed by atoms with Crippen molar-refractivity contribution in [1.82, 2.24) is 4.72 Å². The van der Waals surface area contributed by atoms with Crippen molar-refractivity contribution in [3.8, 4) is 11.5 Å². The Bertz CT molecular complexity index is 764. The Morgan fingerprint density at radius 3 is 2.84 bits per heavy atom. The van der Waals surface area contributed by atoms with Crippen molar-refractivity contribution in [2.24, 2.45) is 5.92 Å². The molecule has 0 bridgehead atoms. The van der Waals surface area contributed by atoms with Crippen LogP contribution in [0.4, 0.5) is 5.69 Å². The number of hydrogen-bond donors (Lipinski definition) is 3. The number of aliphatic hydroxyl groups is 1. The standard InChI is InChI=1S/C16H22N2O6S/c1-23-14-6-12-13(24-9-16(20)17-12)7-15(14)25(21,22)18-11-5-3-2-4-10(11)8-19/h6-7,10-11,18-19H,2-5,8-9H2,1H3,(H,17,20)/t10-,11-/m0/s1. The fourth-order valence-electron chi connectivity index (χ4n) is 3.30. The molecular weight excluding hydrogens is 348 g/mol. The maximum Gasteiger partial charge on any atom is 0.262 e. The average molecular weight is 370 g/mol. The van der Waals surface area contributed by atoms with Crippen LogP contribution in [-0.2, 0) is 14.8 Å². The molecule has 0 unspecified atom stereocenters. The van der Waals surface area contributed by atoms with Crippen LogP contribution in [0.15, 0.2) is 17.0 Å². The lowest BCUT2D eigenvalue weighted by molar-refractivity contribution is -0.118. The molecule has 3 N–H and O–H groups in total. The van der Waals surface area contributed by atoms with E-state index in [9.17, 15) is 18.3 Å². The number of fused-ring (bicyclic) bond motifs is 1. The summed E-state index contributed by atoms with van der Waals surface area (Å²) >= 11 is 0. The van der Waals surface area contributed by atoms with Gasteiger partial charge >= 0.3 is 0 Å². The van der Waals surface area contributed by atoms with Gasteiger partial charge in [0.1, 0.15) is 16.4 Å². The monoisotopic (exact) mass is 370 g/mol. The van der Waals surface area contributed by atoms with Gasteiger partial charge < -0.3 is 19.9 Å². The normalized spacial score (nSPS) is 23.4. The minimum atomic E-state index is -3.87. The van der Waals surface area contributed by atoms with E-state index in [-0.39, 0.29) is 47.5 Å². The second-order valence-electron chi connectivity index (χ2n) is 6.29. The molecule has 138 valence electrons. The van der Waals surface area contributed by atoms with E-state index in [1.165, 1.54) is 19.2 Å². The fraction of sp³-hybridized carbons (Fsp3) is 0.562. The Hall–Kier alpha value is -1.84. The summed E-state index contributed by atoms with van der Waals surface area (Å²) in [5, 5.41) is 12.1. The molecule has 9 heteroatoms. The minimum Gasteiger partial charge on any atom is -0.495 e. The summed E-state index contributed by atoms with van der Waals surface area (Å²) in [4.78, 5) is 11.4. The van der Waals surface area contributed by atoms with Gasteiger partial charge in [-0.3, -0.25) is 4.79 Å². The van der Waals surface area contributed by atoms with Crippen LogP contribution in [0.25, 0.3) is 0 Å². The number of benzene rings is 1. The van der Waals surface area contributed by atoms with E-state index in [4.69, 9.17) is 9.47 Å². The molecule has 2 atom stereocenters. The Morgan fingerprint density at radius 1 is 1.36 bits per heavy atom. The number of methoxy groups -OCH3 is 1. The quantitative estimate of drug-likeness (QED) is 0.708. The van der Waals surface area contributed by atoms with Crippen LogP contribution in [0.3, 0.4) is 0 Å². The van der Waals surface area contributed by atoms with E-state index in [1.807, 2.05) is 0 Å². The van der Waals surface area contributed by atoms with Gasteiger partial charge in [0.2, 0.25) is 10.0 Å². The maximum absolute atomic E-state index is 12.9. The number of nitrogens with one attached hydrogen (secondary N) is 2. The van der Waals surface area contributed by atoms with E-state index in [0.717, 1.165) is 19.3 Å². The lowest BCUT2D eigenvalue weighted by Gasteiger charge is -2.31. The molecule has 1 fully saturated rings. The first-order valence-corrected chi connectivity index (χ1v) is 9.71. The SMILES string of the molecule is COc1cc2c(cc1S(=O)(=O)N[C@H]1CCCC[C@H]1CO)OCC(=O)N2. The van der Waals surface area contributed by atoms with Crippen LogP contribution in [0.2, 0.25) is 0 Å². The van der Waals surface area contributed by atoms with Gasteiger partial charge in [0.05, 0.1) is 12.8 Å². The van der Waals surface area contributed by atoms with Crippen LogP contribution < -0.4 is 19.5 Å². The second-order valence-corrected chi connectivity index (χ2v) is 7.97. The minimum absolute atomic E-state index is 0.0489. The Kier molecular flexibility index (Phi) is 5.16. The summed E-state index contributed by atoms with van der Waals surface area (Å²) in [6.07, 6.45) is 3.38. The van der Waals surface area contributed by atoms with Crippen molar-refractivity contribution in [2.75, 3.05) is 25.6 Å². The lowest BCUT2D eigenvalue weighted by Crippen LogP contribution is -2.43. The summed E-state index contributed by atoms with van der Waals surface area (Å²) in [6, 6.07) is 2.48. The van der Waals surface area contributed by atoms with Crippen LogP contribution in [0.1, 0.15) is 25.7 Å². The molecule has 0 aromatic heterocycles. The number of aliphatic hydroxyl groups excluding tert-OH is 1. The molecule has 0 spiro atoms. The fourth-order valence-corrected chi connectivity index (χ4v) is 4.81. The summed E-state index contributed by atoms with van der Waals surface area (Å²) in [6.45, 7) is -0.217. The highest BCUT2D eigenvalue weighted by Gasteiger charge is 2.32. The van der Waals surface area contributed by atoms with E-state index in [2.05, 4.69) is 10.0 Å². The molecule has 1 heterocycles. The molecule has 25 heavy (non-hydrogen) atoms. The average Bonchev–Trinajstić information content (AvgIpc) is 2.60. The highest BCUT2D eigenvalue weighted by Crippen LogP contribution is 2.37. The van der Waals surface area contributed by atoms with Crippen LogP contribution in [-0.4, -0.2) is 45.8 Å². The molecule has 0 saturated heterocycles. The third-order valence-corrected chi connectivity index (χ3v) is 6.15. The number of carbonyl (C=O) groups is 1. The maximum atomic E-state index is 12.9. The Labute approximate surface area is 146 Å². The molecule has 1 amide bonds. The predicted octanol–water partition coefficient (Wildman–Crippen LogP) is 0.855. The molecule has 1 aromatic rings. The van der Waals surface area contributed by atoms with Gasteiger partial charge in [-0.2, -0.15) is 0 Å². The topological polar surface area (TPSA) is 114 Å². The van der Waals surface area contributed by atoms with Gasteiger partial charge in [-0.1, -0.05) is 12.8 Å². The van der Waals surface area contributed by atoms with Gasteiger partial charge in [0.25, 0.3) is 5.91 Å². The summed E-state index contributed by atoms with van der Waals surface area (Å²) in [5.74, 6) is -0.00417. The van der Waals surface area contributed by atoms with Gasteiger partial charge in [0.15, 0.2) is 6.61 Å². The summed E-state index contributed by atoms with van der Waals surface area (Å²) in [7, 11) is -2.51. The van der Waals surface area contributed by atoms with E-state index >= 15 is 0 Å². The van der Waals surface area contributed by atoms with Crippen LogP contribution >= 0.6 is 0 Å². The summed E-state index contributed by atoms with van der Waals surface area (Å²) in [5.41, 5.74) is 0.373. The molecule has 1 aromatic carbocycles. The van der Waals surface area contributed by atoms with Gasteiger partial charge in [0, 0.05) is 24.8 Å². The highest BCUT2D eigenvalue weighted by molar-refractivity contribution is 7.89. The van der Waals surface area contributed by atoms with Crippen molar-refractivity contribution in [1.29, 1.82) is 0 Å². The number of ether oxygens (including phenoxy) is 2. The lowest BCUT2D eigenvalue weighted by atomic mass is 9.86. The molecule has 3 rings (SSSR count). The zero-order chi connectivity index (χ0) is 18.0. The molecule has 1 saturated carbocycles. The van der Waals surface area contributed by atoms with Crippen molar-refractivity contribution in [3.63, 3.8) is 0 Å². The van der Waals surface area contributed by atoms with E-state index in [1.54, 1.807) is 0 Å². The first kappa shape index (κ1) is 18.0. The first-order chi connectivity index (χ1) is 11.9. The number of rotatable bonds is 5. The van der Waals surface area contributed by atoms with Gasteiger partial charge in [-0.25, -0.2) is 13.1 Å². The Balaban J connectivity index is 1.92. The largest absolute Gasteiger partial charge is 0.495 e. The van der Waals surface area contributed by atoms with E-state index in [0.29, 0.717) is 12.1 Å². The molecule has 1 aliphatic carbocycles. The number of amides is 1. The zero-order valence-corrected chi connectivity index (χ0v) is 14.8. The third-order valence-electron chi connectivity index (χ3n) is 4.64. The highest BCUT2D eigenvalue weighted by atomic mass is 32.2. The summed E-state index contributed by atoms with van der Waals surface area (Å²) < 4.78 is 38.9. The van der Waals surface area contributed by atoms with Gasteiger partial charge in [-0.15, -0.1) is 0 Å². The van der Waals surface area contributed by atoms with Crippen LogP contribution in [0.5, 0.6) is 11.5 Å². The van der Waals surface area contributed by atoms with Crippen molar-refractivity contribution in [3.05, 3.63) is 12.1 Å². The second kappa shape index (κ2) is 7.19. The molecule has 0 radical (unpaired) electrons. The molecule has 1 aliphatic heterocycles. The number of anilines is 1.